The Morgan fingerprint density at radius 3 is 2.95 bits per heavy atom. The quantitative estimate of drug-likeness (QED) is 0.685. The summed E-state index contributed by atoms with van der Waals surface area (Å²) in [5, 5.41) is 0.467. The van der Waals surface area contributed by atoms with Gasteiger partial charge in [0.1, 0.15) is 11.6 Å². The molecule has 0 bridgehead atoms. The average molecular weight is 275 g/mol. The fraction of sp³-hybridized carbons (Fsp3) is 0.308. The molecule has 19 heavy (non-hydrogen) atoms. The summed E-state index contributed by atoms with van der Waals surface area (Å²) >= 11 is 1.21. The van der Waals surface area contributed by atoms with Gasteiger partial charge in [-0.1, -0.05) is 0 Å². The normalized spacial score (nSPS) is 14.4. The minimum absolute atomic E-state index is 0.0887. The average Bonchev–Trinajstić information content (AvgIpc) is 3.12. The third-order valence-corrected chi connectivity index (χ3v) is 3.55. The van der Waals surface area contributed by atoms with Crippen LogP contribution in [0.2, 0.25) is 0 Å². The maximum Gasteiger partial charge on any atom is 0.298 e. The lowest BCUT2D eigenvalue weighted by atomic mass is 10.1. The molecule has 3 rings (SSSR count). The molecule has 2 N–H and O–H groups in total. The van der Waals surface area contributed by atoms with Crippen molar-refractivity contribution in [3.05, 3.63) is 29.6 Å². The van der Waals surface area contributed by atoms with E-state index in [0.717, 1.165) is 18.7 Å². The van der Waals surface area contributed by atoms with Gasteiger partial charge in [0.25, 0.3) is 5.19 Å². The highest BCUT2D eigenvalue weighted by Crippen LogP contribution is 2.40. The van der Waals surface area contributed by atoms with Gasteiger partial charge in [-0.2, -0.15) is 9.36 Å². The number of carbonyl (C=O) groups is 1. The number of benzene rings is 1. The molecule has 2 aromatic rings. The lowest BCUT2D eigenvalue weighted by molar-refractivity contribution is 0.101. The number of ketones is 1. The van der Waals surface area contributed by atoms with Gasteiger partial charge < -0.3 is 10.5 Å². The van der Waals surface area contributed by atoms with Crippen LogP contribution >= 0.6 is 11.5 Å². The van der Waals surface area contributed by atoms with Gasteiger partial charge in [-0.05, 0) is 38.0 Å². The Morgan fingerprint density at radius 2 is 2.26 bits per heavy atom. The zero-order valence-electron chi connectivity index (χ0n) is 10.4. The van der Waals surface area contributed by atoms with E-state index in [-0.39, 0.29) is 5.78 Å². The molecule has 1 aliphatic carbocycles. The molecule has 1 fully saturated rings. The number of hydrogen-bond donors (Lipinski definition) is 1. The topological polar surface area (TPSA) is 78.1 Å². The summed E-state index contributed by atoms with van der Waals surface area (Å²) in [5.41, 5.74) is 6.67. The molecule has 0 radical (unpaired) electrons. The van der Waals surface area contributed by atoms with Crippen molar-refractivity contribution in [3.63, 3.8) is 0 Å². The Kier molecular flexibility index (Phi) is 2.94. The van der Waals surface area contributed by atoms with Gasteiger partial charge >= 0.3 is 0 Å². The van der Waals surface area contributed by atoms with E-state index in [1.165, 1.54) is 18.5 Å². The van der Waals surface area contributed by atoms with Crippen LogP contribution in [0.1, 0.15) is 41.9 Å². The first kappa shape index (κ1) is 12.1. The number of carbonyl (C=O) groups excluding carboxylic acids is 1. The molecule has 1 aromatic heterocycles. The number of nitrogens with two attached hydrogens (primary N) is 1. The van der Waals surface area contributed by atoms with Crippen molar-refractivity contribution in [3.8, 4) is 10.9 Å². The van der Waals surface area contributed by atoms with Crippen molar-refractivity contribution in [1.29, 1.82) is 0 Å². The predicted molar refractivity (Wildman–Crippen MR) is 72.8 cm³/mol. The first-order valence-corrected chi connectivity index (χ1v) is 6.83. The smallest absolute Gasteiger partial charge is 0.298 e. The van der Waals surface area contributed by atoms with Gasteiger partial charge in [0, 0.05) is 23.1 Å². The molecular formula is C13H13N3O2S. The largest absolute Gasteiger partial charge is 0.429 e. The number of rotatable bonds is 4. The highest BCUT2D eigenvalue weighted by atomic mass is 32.1. The van der Waals surface area contributed by atoms with Gasteiger partial charge in [-0.3, -0.25) is 4.79 Å². The lowest BCUT2D eigenvalue weighted by Crippen LogP contribution is -1.99. The van der Waals surface area contributed by atoms with E-state index in [4.69, 9.17) is 10.5 Å². The third-order valence-electron chi connectivity index (χ3n) is 2.95. The van der Waals surface area contributed by atoms with E-state index in [0.29, 0.717) is 28.1 Å². The molecular weight excluding hydrogens is 262 g/mol. The van der Waals surface area contributed by atoms with Crippen molar-refractivity contribution in [2.75, 3.05) is 5.73 Å². The SMILES string of the molecule is CC(=O)c1cc(N)ccc1Oc1nc(C2CC2)ns1. The summed E-state index contributed by atoms with van der Waals surface area (Å²) in [4.78, 5) is 15.9. The summed E-state index contributed by atoms with van der Waals surface area (Å²) in [6.07, 6.45) is 2.30. The van der Waals surface area contributed by atoms with Gasteiger partial charge in [0.05, 0.1) is 5.56 Å². The molecule has 6 heteroatoms. The van der Waals surface area contributed by atoms with Gasteiger partial charge in [0.15, 0.2) is 5.78 Å². The van der Waals surface area contributed by atoms with E-state index >= 15 is 0 Å². The Morgan fingerprint density at radius 1 is 1.47 bits per heavy atom. The van der Waals surface area contributed by atoms with E-state index in [1.54, 1.807) is 18.2 Å². The third kappa shape index (κ3) is 2.58. The van der Waals surface area contributed by atoms with E-state index < -0.39 is 0 Å². The van der Waals surface area contributed by atoms with Crippen molar-refractivity contribution < 1.29 is 9.53 Å². The number of anilines is 1. The number of aromatic nitrogens is 2. The van der Waals surface area contributed by atoms with Crippen LogP contribution in [0, 0.1) is 0 Å². The Bertz CT molecular complexity index is 635. The first-order chi connectivity index (χ1) is 9.13. The maximum atomic E-state index is 11.6. The first-order valence-electron chi connectivity index (χ1n) is 6.05. The van der Waals surface area contributed by atoms with Crippen LogP contribution in [0.4, 0.5) is 5.69 Å². The van der Waals surface area contributed by atoms with Crippen molar-refractivity contribution in [2.24, 2.45) is 0 Å². The maximum absolute atomic E-state index is 11.6. The zero-order chi connectivity index (χ0) is 13.4. The number of hydrogen-bond acceptors (Lipinski definition) is 6. The fourth-order valence-corrected chi connectivity index (χ4v) is 2.40. The number of ether oxygens (including phenoxy) is 1. The highest BCUT2D eigenvalue weighted by Gasteiger charge is 2.28. The van der Waals surface area contributed by atoms with Crippen molar-refractivity contribution in [2.45, 2.75) is 25.7 Å². The van der Waals surface area contributed by atoms with E-state index in [2.05, 4.69) is 9.36 Å². The predicted octanol–water partition coefficient (Wildman–Crippen LogP) is 2.99. The second-order valence-corrected chi connectivity index (χ2v) is 5.32. The summed E-state index contributed by atoms with van der Waals surface area (Å²) in [5.74, 6) is 1.72. The monoisotopic (exact) mass is 275 g/mol. The fourth-order valence-electron chi connectivity index (χ4n) is 1.77. The molecule has 0 amide bonds. The van der Waals surface area contributed by atoms with E-state index in [9.17, 15) is 4.79 Å². The summed E-state index contributed by atoms with van der Waals surface area (Å²) in [6.45, 7) is 1.48. The number of Topliss-reactive ketones (excluding diaryl/α,β-unsaturated/α-hetero) is 1. The van der Waals surface area contributed by atoms with Crippen molar-refractivity contribution >= 4 is 23.0 Å². The molecule has 1 saturated carbocycles. The molecule has 5 nitrogen and oxygen atoms in total. The van der Waals surface area contributed by atoms with E-state index in [1.807, 2.05) is 0 Å². The molecule has 0 saturated heterocycles. The van der Waals surface area contributed by atoms with Crippen LogP contribution < -0.4 is 10.5 Å². The van der Waals surface area contributed by atoms with Crippen LogP contribution in [0.15, 0.2) is 18.2 Å². The minimum atomic E-state index is -0.0887. The number of nitrogen functional groups attached to an aromatic ring is 1. The molecule has 0 spiro atoms. The Labute approximate surface area is 114 Å². The van der Waals surface area contributed by atoms with Gasteiger partial charge in [-0.15, -0.1) is 0 Å². The molecule has 0 unspecified atom stereocenters. The highest BCUT2D eigenvalue weighted by molar-refractivity contribution is 7.07. The minimum Gasteiger partial charge on any atom is -0.429 e. The van der Waals surface area contributed by atoms with Crippen LogP contribution in [0.5, 0.6) is 10.9 Å². The molecule has 1 aromatic carbocycles. The Balaban J connectivity index is 1.87. The second kappa shape index (κ2) is 4.62. The second-order valence-electron chi connectivity index (χ2n) is 4.61. The molecule has 0 atom stereocenters. The standard InChI is InChI=1S/C13H13N3O2S/c1-7(17)10-6-9(14)4-5-11(10)18-13-15-12(16-19-13)8-2-3-8/h4-6,8H,2-3,14H2,1H3. The number of nitrogens with zero attached hydrogens (tertiary/aromatic N) is 2. The molecule has 1 aliphatic rings. The lowest BCUT2D eigenvalue weighted by Gasteiger charge is -2.06. The van der Waals surface area contributed by atoms with Crippen LogP contribution in [-0.2, 0) is 0 Å². The summed E-state index contributed by atoms with van der Waals surface area (Å²) in [6, 6.07) is 5.00. The molecule has 0 aliphatic heterocycles. The molecule has 1 heterocycles. The zero-order valence-corrected chi connectivity index (χ0v) is 11.2. The summed E-state index contributed by atoms with van der Waals surface area (Å²) in [7, 11) is 0. The van der Waals surface area contributed by atoms with Crippen molar-refractivity contribution in [1.82, 2.24) is 9.36 Å². The molecule has 98 valence electrons. The van der Waals surface area contributed by atoms with Gasteiger partial charge in [-0.25, -0.2) is 0 Å². The van der Waals surface area contributed by atoms with Crippen LogP contribution in [0.25, 0.3) is 0 Å². The van der Waals surface area contributed by atoms with Crippen LogP contribution in [-0.4, -0.2) is 15.1 Å². The Hall–Kier alpha value is -1.95. The van der Waals surface area contributed by atoms with Gasteiger partial charge in [0.2, 0.25) is 0 Å². The summed E-state index contributed by atoms with van der Waals surface area (Å²) < 4.78 is 9.92. The van der Waals surface area contributed by atoms with Crippen LogP contribution in [0.3, 0.4) is 0 Å².